The zero-order chi connectivity index (χ0) is 18.9. The van der Waals surface area contributed by atoms with Crippen LogP contribution in [-0.2, 0) is 17.8 Å². The summed E-state index contributed by atoms with van der Waals surface area (Å²) in [6, 6.07) is 7.81. The number of rotatable bonds is 4. The fourth-order valence-corrected chi connectivity index (χ4v) is 3.64. The Kier molecular flexibility index (Phi) is 4.88. The van der Waals surface area contributed by atoms with Gasteiger partial charge in [0.25, 0.3) is 5.56 Å². The van der Waals surface area contributed by atoms with Crippen molar-refractivity contribution in [3.8, 4) is 5.75 Å². The average Bonchev–Trinajstić information content (AvgIpc) is 2.87. The van der Waals surface area contributed by atoms with E-state index in [0.717, 1.165) is 37.6 Å². The minimum atomic E-state index is -0.105. The molecule has 27 heavy (non-hydrogen) atoms. The predicted octanol–water partition coefficient (Wildman–Crippen LogP) is 1.78. The highest BCUT2D eigenvalue weighted by atomic mass is 16.5. The fourth-order valence-electron chi connectivity index (χ4n) is 3.64. The van der Waals surface area contributed by atoms with Gasteiger partial charge in [-0.05, 0) is 25.5 Å². The molecular weight excluding hydrogens is 344 g/mol. The molecule has 0 unspecified atom stereocenters. The molecule has 3 heterocycles. The fraction of sp³-hybridized carbons (Fsp3) is 0.500. The normalized spacial score (nSPS) is 17.4. The molecule has 0 saturated carbocycles. The van der Waals surface area contributed by atoms with Crippen LogP contribution in [0.5, 0.6) is 5.75 Å². The van der Waals surface area contributed by atoms with Crippen molar-refractivity contribution in [3.63, 3.8) is 0 Å². The Balaban J connectivity index is 1.51. The number of anilines is 1. The maximum atomic E-state index is 12.7. The maximum absolute atomic E-state index is 12.7. The van der Waals surface area contributed by atoms with Crippen LogP contribution in [0, 0.1) is 0 Å². The summed E-state index contributed by atoms with van der Waals surface area (Å²) >= 11 is 0. The van der Waals surface area contributed by atoms with Crippen LogP contribution in [0.1, 0.15) is 30.7 Å². The second kappa shape index (κ2) is 7.32. The number of benzene rings is 1. The first-order chi connectivity index (χ1) is 13.0. The summed E-state index contributed by atoms with van der Waals surface area (Å²) in [6.45, 7) is 8.70. The van der Waals surface area contributed by atoms with Gasteiger partial charge in [-0.1, -0.05) is 18.2 Å². The second-order valence-electron chi connectivity index (χ2n) is 7.68. The van der Waals surface area contributed by atoms with Gasteiger partial charge >= 0.3 is 0 Å². The van der Waals surface area contributed by atoms with Crippen molar-refractivity contribution in [2.75, 3.05) is 38.2 Å². The van der Waals surface area contributed by atoms with Gasteiger partial charge in [0.15, 0.2) is 0 Å². The third-order valence-electron chi connectivity index (χ3n) is 5.36. The Bertz CT molecular complexity index is 872. The molecular formula is C20H26N4O3. The number of aromatic nitrogens is 2. The molecule has 2 aliphatic rings. The highest BCUT2D eigenvalue weighted by molar-refractivity contribution is 5.41. The van der Waals surface area contributed by atoms with E-state index in [2.05, 4.69) is 34.0 Å². The number of nitrogens with zero attached hydrogens (tertiary/aromatic N) is 2. The van der Waals surface area contributed by atoms with Crippen molar-refractivity contribution >= 4 is 5.95 Å². The molecule has 2 aliphatic heterocycles. The van der Waals surface area contributed by atoms with Crippen LogP contribution in [0.4, 0.5) is 5.95 Å². The molecule has 2 aromatic rings. The number of aromatic amines is 1. The number of morpholine rings is 1. The Morgan fingerprint density at radius 3 is 2.85 bits per heavy atom. The number of H-pyrrole nitrogens is 1. The van der Waals surface area contributed by atoms with Crippen molar-refractivity contribution in [3.05, 3.63) is 51.4 Å². The summed E-state index contributed by atoms with van der Waals surface area (Å²) in [7, 11) is 0. The van der Waals surface area contributed by atoms with Gasteiger partial charge in [0.1, 0.15) is 12.4 Å². The molecule has 1 saturated heterocycles. The minimum Gasteiger partial charge on any atom is -0.487 e. The van der Waals surface area contributed by atoms with Crippen molar-refractivity contribution in [2.24, 2.45) is 0 Å². The van der Waals surface area contributed by atoms with Crippen molar-refractivity contribution in [2.45, 2.75) is 32.4 Å². The summed E-state index contributed by atoms with van der Waals surface area (Å²) in [5.41, 5.74) is 2.21. The van der Waals surface area contributed by atoms with E-state index < -0.39 is 0 Å². The number of hydrogen-bond donors (Lipinski definition) is 2. The maximum Gasteiger partial charge on any atom is 0.256 e. The van der Waals surface area contributed by atoms with Gasteiger partial charge in [0.2, 0.25) is 5.95 Å². The lowest BCUT2D eigenvalue weighted by Gasteiger charge is -2.40. The Morgan fingerprint density at radius 1 is 1.26 bits per heavy atom. The number of para-hydroxylation sites is 1. The van der Waals surface area contributed by atoms with Gasteiger partial charge in [-0.15, -0.1) is 0 Å². The molecule has 1 aromatic heterocycles. The van der Waals surface area contributed by atoms with Gasteiger partial charge in [0.05, 0.1) is 18.9 Å². The van der Waals surface area contributed by atoms with Crippen LogP contribution in [-0.4, -0.2) is 53.3 Å². The lowest BCUT2D eigenvalue weighted by Crippen LogP contribution is -2.53. The van der Waals surface area contributed by atoms with E-state index >= 15 is 0 Å². The Morgan fingerprint density at radius 2 is 2.04 bits per heavy atom. The monoisotopic (exact) mass is 370 g/mol. The first-order valence-corrected chi connectivity index (χ1v) is 9.42. The largest absolute Gasteiger partial charge is 0.487 e. The van der Waals surface area contributed by atoms with Gasteiger partial charge < -0.3 is 14.8 Å². The van der Waals surface area contributed by atoms with Crippen molar-refractivity contribution < 1.29 is 9.47 Å². The van der Waals surface area contributed by atoms with E-state index in [1.807, 2.05) is 24.3 Å². The van der Waals surface area contributed by atoms with Gasteiger partial charge in [-0.3, -0.25) is 14.7 Å². The number of ether oxygens (including phenoxy) is 2. The van der Waals surface area contributed by atoms with Crippen LogP contribution >= 0.6 is 0 Å². The first kappa shape index (κ1) is 18.0. The molecule has 4 rings (SSSR count). The van der Waals surface area contributed by atoms with Crippen LogP contribution < -0.4 is 15.6 Å². The van der Waals surface area contributed by atoms with Crippen LogP contribution in [0.15, 0.2) is 29.1 Å². The lowest BCUT2D eigenvalue weighted by atomic mass is 10.0. The highest BCUT2D eigenvalue weighted by Crippen LogP contribution is 2.26. The van der Waals surface area contributed by atoms with Crippen LogP contribution in [0.3, 0.4) is 0 Å². The minimum absolute atomic E-state index is 0.0676. The van der Waals surface area contributed by atoms with Crippen LogP contribution in [0.25, 0.3) is 0 Å². The van der Waals surface area contributed by atoms with E-state index in [1.54, 1.807) is 0 Å². The molecule has 2 N–H and O–H groups in total. The SMILES string of the molecule is CC(C)(CNc1nc2c(c(=O)[nH]1)Cc1ccccc1OC2)N1CCOCC1. The number of hydrogen-bond acceptors (Lipinski definition) is 6. The molecule has 0 amide bonds. The van der Waals surface area contributed by atoms with E-state index in [9.17, 15) is 4.79 Å². The van der Waals surface area contributed by atoms with Gasteiger partial charge in [0, 0.05) is 37.2 Å². The smallest absolute Gasteiger partial charge is 0.256 e. The lowest BCUT2D eigenvalue weighted by molar-refractivity contribution is -0.00573. The third-order valence-corrected chi connectivity index (χ3v) is 5.36. The van der Waals surface area contributed by atoms with E-state index in [4.69, 9.17) is 9.47 Å². The molecule has 7 nitrogen and oxygen atoms in total. The first-order valence-electron chi connectivity index (χ1n) is 9.42. The number of nitrogens with one attached hydrogen (secondary N) is 2. The van der Waals surface area contributed by atoms with Crippen LogP contribution in [0.2, 0.25) is 0 Å². The third kappa shape index (κ3) is 3.84. The summed E-state index contributed by atoms with van der Waals surface area (Å²) < 4.78 is 11.3. The van der Waals surface area contributed by atoms with E-state index in [1.165, 1.54) is 0 Å². The van der Waals surface area contributed by atoms with E-state index in [-0.39, 0.29) is 11.1 Å². The molecule has 7 heteroatoms. The highest BCUT2D eigenvalue weighted by Gasteiger charge is 2.28. The summed E-state index contributed by atoms with van der Waals surface area (Å²) in [6.07, 6.45) is 0.535. The van der Waals surface area contributed by atoms with Gasteiger partial charge in [-0.2, -0.15) is 0 Å². The molecule has 144 valence electrons. The zero-order valence-corrected chi connectivity index (χ0v) is 15.9. The quantitative estimate of drug-likeness (QED) is 0.854. The predicted molar refractivity (Wildman–Crippen MR) is 103 cm³/mol. The second-order valence-corrected chi connectivity index (χ2v) is 7.68. The standard InChI is InChI=1S/C20H26N4O3/c1-20(2,24-7-9-26-10-8-24)13-21-19-22-16-12-27-17-6-4-3-5-14(17)11-15(16)18(25)23-19/h3-6H,7-13H2,1-2H3,(H2,21,22,23,25). The van der Waals surface area contributed by atoms with E-state index in [0.29, 0.717) is 36.8 Å². The van der Waals surface area contributed by atoms with Gasteiger partial charge in [-0.25, -0.2) is 4.98 Å². The molecule has 0 radical (unpaired) electrons. The summed E-state index contributed by atoms with van der Waals surface area (Å²) in [5, 5.41) is 3.31. The molecule has 1 fully saturated rings. The molecule has 0 bridgehead atoms. The topological polar surface area (TPSA) is 79.5 Å². The molecule has 0 spiro atoms. The summed E-state index contributed by atoms with van der Waals surface area (Å²) in [4.78, 5) is 22.6. The van der Waals surface area contributed by atoms with Crippen molar-refractivity contribution in [1.29, 1.82) is 0 Å². The summed E-state index contributed by atoms with van der Waals surface area (Å²) in [5.74, 6) is 1.31. The average molecular weight is 370 g/mol. The molecule has 0 aliphatic carbocycles. The van der Waals surface area contributed by atoms with Crippen molar-refractivity contribution in [1.82, 2.24) is 14.9 Å². The Labute approximate surface area is 158 Å². The molecule has 1 aromatic carbocycles. The molecule has 0 atom stereocenters. The zero-order valence-electron chi connectivity index (χ0n) is 15.9. The number of fused-ring (bicyclic) bond motifs is 2. The Hall–Kier alpha value is -2.38.